The van der Waals surface area contributed by atoms with Gasteiger partial charge in [-0.25, -0.2) is 0 Å². The highest BCUT2D eigenvalue weighted by Crippen LogP contribution is 2.24. The third-order valence-electron chi connectivity index (χ3n) is 4.67. The molecule has 0 aliphatic heterocycles. The number of hydrogen-bond acceptors (Lipinski definition) is 4. The molecule has 3 rings (SSSR count). The van der Waals surface area contributed by atoms with Crippen molar-refractivity contribution < 1.29 is 14.3 Å². The van der Waals surface area contributed by atoms with Crippen LogP contribution in [-0.2, 0) is 13.2 Å². The number of aryl methyl sites for hydroxylation is 1. The van der Waals surface area contributed by atoms with Gasteiger partial charge < -0.3 is 15.4 Å². The highest BCUT2D eigenvalue weighted by molar-refractivity contribution is 9.10. The van der Waals surface area contributed by atoms with Crippen LogP contribution < -0.4 is 15.4 Å². The summed E-state index contributed by atoms with van der Waals surface area (Å²) >= 11 is 3.46. The Kier molecular flexibility index (Phi) is 8.05. The maximum Gasteiger partial charge on any atom is 0.273 e. The number of nitrogens with zero attached hydrogens (tertiary/aromatic N) is 2. The molecular formula is C24H27BrN4O3. The van der Waals surface area contributed by atoms with Gasteiger partial charge in [0.15, 0.2) is 5.69 Å². The predicted molar refractivity (Wildman–Crippen MR) is 128 cm³/mol. The summed E-state index contributed by atoms with van der Waals surface area (Å²) in [6.07, 6.45) is 1.67. The van der Waals surface area contributed by atoms with E-state index in [-0.39, 0.29) is 17.5 Å². The first-order valence-corrected chi connectivity index (χ1v) is 11.3. The molecule has 2 amide bonds. The number of halogens is 1. The largest absolute Gasteiger partial charge is 0.488 e. The minimum Gasteiger partial charge on any atom is -0.488 e. The quantitative estimate of drug-likeness (QED) is 0.440. The zero-order chi connectivity index (χ0) is 23.1. The molecule has 0 saturated heterocycles. The molecular weight excluding hydrogens is 472 g/mol. The van der Waals surface area contributed by atoms with Crippen molar-refractivity contribution in [2.24, 2.45) is 5.92 Å². The van der Waals surface area contributed by atoms with Gasteiger partial charge in [0.2, 0.25) is 0 Å². The van der Waals surface area contributed by atoms with E-state index in [0.717, 1.165) is 15.8 Å². The number of anilines is 1. The Labute approximate surface area is 196 Å². The number of benzene rings is 2. The number of aromatic nitrogens is 2. The van der Waals surface area contributed by atoms with E-state index in [0.29, 0.717) is 36.9 Å². The van der Waals surface area contributed by atoms with Crippen LogP contribution in [0.15, 0.2) is 59.2 Å². The molecule has 2 N–H and O–H groups in total. The fourth-order valence-electron chi connectivity index (χ4n) is 2.89. The lowest BCUT2D eigenvalue weighted by Gasteiger charge is -2.09. The molecule has 0 spiro atoms. The first-order chi connectivity index (χ1) is 15.4. The van der Waals surface area contributed by atoms with Crippen LogP contribution in [0.3, 0.4) is 0 Å². The topological polar surface area (TPSA) is 85.2 Å². The molecule has 0 saturated carbocycles. The summed E-state index contributed by atoms with van der Waals surface area (Å²) in [5.41, 5.74) is 2.01. The predicted octanol–water partition coefficient (Wildman–Crippen LogP) is 4.88. The Morgan fingerprint density at radius 1 is 1.09 bits per heavy atom. The van der Waals surface area contributed by atoms with Crippen molar-refractivity contribution in [3.8, 4) is 5.75 Å². The molecule has 0 radical (unpaired) electrons. The zero-order valence-corrected chi connectivity index (χ0v) is 20.0. The Morgan fingerprint density at radius 3 is 2.47 bits per heavy atom. The molecule has 32 heavy (non-hydrogen) atoms. The molecule has 8 heteroatoms. The van der Waals surface area contributed by atoms with Gasteiger partial charge >= 0.3 is 0 Å². The van der Waals surface area contributed by atoms with Crippen LogP contribution in [0.1, 0.15) is 47.2 Å². The fourth-order valence-corrected chi connectivity index (χ4v) is 3.29. The smallest absolute Gasteiger partial charge is 0.273 e. The van der Waals surface area contributed by atoms with Gasteiger partial charge in [-0.05, 0) is 58.6 Å². The van der Waals surface area contributed by atoms with Gasteiger partial charge in [-0.1, -0.05) is 38.1 Å². The number of carbonyl (C=O) groups excluding carboxylic acids is 2. The number of amides is 2. The van der Waals surface area contributed by atoms with Crippen molar-refractivity contribution in [3.63, 3.8) is 0 Å². The van der Waals surface area contributed by atoms with Crippen LogP contribution in [0.2, 0.25) is 0 Å². The lowest BCUT2D eigenvalue weighted by Crippen LogP contribution is -2.28. The molecule has 0 unspecified atom stereocenters. The second kappa shape index (κ2) is 10.9. The van der Waals surface area contributed by atoms with E-state index >= 15 is 0 Å². The van der Waals surface area contributed by atoms with Gasteiger partial charge in [-0.15, -0.1) is 0 Å². The van der Waals surface area contributed by atoms with E-state index in [1.807, 2.05) is 57.2 Å². The highest BCUT2D eigenvalue weighted by atomic mass is 79.9. The molecule has 0 fully saturated rings. The van der Waals surface area contributed by atoms with E-state index in [1.54, 1.807) is 23.0 Å². The third-order valence-corrected chi connectivity index (χ3v) is 5.32. The summed E-state index contributed by atoms with van der Waals surface area (Å²) in [5.74, 6) is 0.457. The summed E-state index contributed by atoms with van der Waals surface area (Å²) in [5, 5.41) is 9.96. The second-order valence-electron chi connectivity index (χ2n) is 7.72. The maximum atomic E-state index is 12.8. The Hall–Kier alpha value is -3.13. The van der Waals surface area contributed by atoms with Crippen LogP contribution in [0.4, 0.5) is 5.69 Å². The van der Waals surface area contributed by atoms with Gasteiger partial charge in [0.05, 0.1) is 10.2 Å². The normalized spacial score (nSPS) is 10.8. The molecule has 168 valence electrons. The van der Waals surface area contributed by atoms with Crippen LogP contribution in [-0.4, -0.2) is 28.1 Å². The standard InChI is InChI=1S/C24H27BrN4O3/c1-4-29-14-20(22(28-29)24(31)26-13-16(2)3)27-23(30)18-11-9-17(10-12-18)15-32-21-8-6-5-7-19(21)25/h5-12,14,16H,4,13,15H2,1-3H3,(H,26,31)(H,27,30). The van der Waals surface area contributed by atoms with Gasteiger partial charge in [0.1, 0.15) is 12.4 Å². The number of hydrogen-bond donors (Lipinski definition) is 2. The molecule has 2 aromatic carbocycles. The van der Waals surface area contributed by atoms with Crippen LogP contribution in [0, 0.1) is 5.92 Å². The molecule has 0 aliphatic rings. The van der Waals surface area contributed by atoms with Crippen molar-refractivity contribution in [2.45, 2.75) is 33.9 Å². The SMILES string of the molecule is CCn1cc(NC(=O)c2ccc(COc3ccccc3Br)cc2)c(C(=O)NCC(C)C)n1. The van der Waals surface area contributed by atoms with E-state index in [9.17, 15) is 9.59 Å². The monoisotopic (exact) mass is 498 g/mol. The summed E-state index contributed by atoms with van der Waals surface area (Å²) in [7, 11) is 0. The second-order valence-corrected chi connectivity index (χ2v) is 8.58. The Morgan fingerprint density at radius 2 is 1.81 bits per heavy atom. The zero-order valence-electron chi connectivity index (χ0n) is 18.4. The molecule has 0 atom stereocenters. The summed E-state index contributed by atoms with van der Waals surface area (Å²) < 4.78 is 8.33. The first kappa shape index (κ1) is 23.5. The fraction of sp³-hybridized carbons (Fsp3) is 0.292. The lowest BCUT2D eigenvalue weighted by atomic mass is 10.1. The lowest BCUT2D eigenvalue weighted by molar-refractivity contribution is 0.0944. The Balaban J connectivity index is 1.66. The number of ether oxygens (including phenoxy) is 1. The number of para-hydroxylation sites is 1. The van der Waals surface area contributed by atoms with Crippen molar-refractivity contribution in [2.75, 3.05) is 11.9 Å². The molecule has 3 aromatic rings. The van der Waals surface area contributed by atoms with Crippen molar-refractivity contribution >= 4 is 33.4 Å². The summed E-state index contributed by atoms with van der Waals surface area (Å²) in [4.78, 5) is 25.3. The van der Waals surface area contributed by atoms with Crippen LogP contribution in [0.5, 0.6) is 5.75 Å². The number of nitrogens with one attached hydrogen (secondary N) is 2. The van der Waals surface area contributed by atoms with Crippen molar-refractivity contribution in [1.82, 2.24) is 15.1 Å². The highest BCUT2D eigenvalue weighted by Gasteiger charge is 2.19. The van der Waals surface area contributed by atoms with E-state index in [4.69, 9.17) is 4.74 Å². The molecule has 0 aliphatic carbocycles. The summed E-state index contributed by atoms with van der Waals surface area (Å²) in [6, 6.07) is 14.8. The molecule has 1 heterocycles. The van der Waals surface area contributed by atoms with Crippen molar-refractivity contribution in [1.29, 1.82) is 0 Å². The molecule has 1 aromatic heterocycles. The molecule has 7 nitrogen and oxygen atoms in total. The number of carbonyl (C=O) groups is 2. The van der Waals surface area contributed by atoms with Gasteiger partial charge in [0, 0.05) is 24.8 Å². The number of rotatable bonds is 9. The summed E-state index contributed by atoms with van der Waals surface area (Å²) in [6.45, 7) is 7.46. The maximum absolute atomic E-state index is 12.8. The van der Waals surface area contributed by atoms with Crippen LogP contribution in [0.25, 0.3) is 0 Å². The van der Waals surface area contributed by atoms with Crippen LogP contribution >= 0.6 is 15.9 Å². The third kappa shape index (κ3) is 6.20. The minimum absolute atomic E-state index is 0.208. The molecule has 0 bridgehead atoms. The minimum atomic E-state index is -0.308. The average Bonchev–Trinajstić information content (AvgIpc) is 3.20. The average molecular weight is 499 g/mol. The van der Waals surface area contributed by atoms with E-state index in [1.165, 1.54) is 0 Å². The Bertz CT molecular complexity index is 1080. The van der Waals surface area contributed by atoms with Gasteiger partial charge in [-0.3, -0.25) is 14.3 Å². The first-order valence-electron chi connectivity index (χ1n) is 10.5. The van der Waals surface area contributed by atoms with E-state index < -0.39 is 0 Å². The van der Waals surface area contributed by atoms with Gasteiger partial charge in [-0.2, -0.15) is 5.10 Å². The van der Waals surface area contributed by atoms with E-state index in [2.05, 4.69) is 31.7 Å². The van der Waals surface area contributed by atoms with Crippen molar-refractivity contribution in [3.05, 3.63) is 76.0 Å². The van der Waals surface area contributed by atoms with Gasteiger partial charge in [0.25, 0.3) is 11.8 Å².